The van der Waals surface area contributed by atoms with Crippen LogP contribution in [0.2, 0.25) is 0 Å². The van der Waals surface area contributed by atoms with E-state index in [2.05, 4.69) is 0 Å². The van der Waals surface area contributed by atoms with E-state index in [1.54, 1.807) is 6.92 Å². The van der Waals surface area contributed by atoms with Crippen molar-refractivity contribution in [2.75, 3.05) is 0 Å². The Hall–Kier alpha value is -4.44. The third-order valence-electron chi connectivity index (χ3n) is 7.01. The largest absolute Gasteiger partial charge is 0.486 e. The predicted molar refractivity (Wildman–Crippen MR) is 150 cm³/mol. The highest BCUT2D eigenvalue weighted by atomic mass is 16.5. The van der Waals surface area contributed by atoms with Crippen molar-refractivity contribution in [1.82, 2.24) is 0 Å². The van der Waals surface area contributed by atoms with Crippen molar-refractivity contribution in [3.8, 4) is 16.9 Å². The Morgan fingerprint density at radius 2 is 1.55 bits per heavy atom. The summed E-state index contributed by atoms with van der Waals surface area (Å²) in [5.74, 6) is 2.43. The summed E-state index contributed by atoms with van der Waals surface area (Å²) in [7, 11) is 0. The number of hydrogen-bond donors (Lipinski definition) is 0. The zero-order valence-corrected chi connectivity index (χ0v) is 21.6. The Bertz CT molecular complexity index is 1440. The highest BCUT2D eigenvalue weighted by Gasteiger charge is 2.31. The van der Waals surface area contributed by atoms with Crippen LogP contribution in [0.1, 0.15) is 41.3 Å². The Balaban J connectivity index is 1.20. The summed E-state index contributed by atoms with van der Waals surface area (Å²) in [6.07, 6.45) is 13.9. The van der Waals surface area contributed by atoms with Crippen LogP contribution in [0.25, 0.3) is 11.1 Å². The molecule has 0 aromatic heterocycles. The lowest BCUT2D eigenvalue weighted by atomic mass is 9.76. The molecule has 4 heteroatoms. The number of hydrogen-bond acceptors (Lipinski definition) is 4. The van der Waals surface area contributed by atoms with Gasteiger partial charge >= 0.3 is 0 Å². The normalized spacial score (nSPS) is 20.3. The van der Waals surface area contributed by atoms with Crippen LogP contribution in [0.4, 0.5) is 0 Å². The maximum absolute atomic E-state index is 12.3. The molecule has 2 atom stereocenters. The molecular formula is C34H30O4. The Kier molecular flexibility index (Phi) is 7.23. The van der Waals surface area contributed by atoms with Gasteiger partial charge in [0, 0.05) is 12.0 Å². The van der Waals surface area contributed by atoms with Crippen LogP contribution in [0.3, 0.4) is 0 Å². The second kappa shape index (κ2) is 10.9. The summed E-state index contributed by atoms with van der Waals surface area (Å²) in [4.78, 5) is 23.8. The lowest BCUT2D eigenvalue weighted by molar-refractivity contribution is -0.111. The van der Waals surface area contributed by atoms with Gasteiger partial charge in [0.2, 0.25) is 0 Å². The average molecular weight is 503 g/mol. The van der Waals surface area contributed by atoms with Gasteiger partial charge in [-0.05, 0) is 79.5 Å². The van der Waals surface area contributed by atoms with E-state index in [0.29, 0.717) is 18.4 Å². The van der Waals surface area contributed by atoms with Crippen molar-refractivity contribution in [3.63, 3.8) is 0 Å². The molecule has 0 saturated carbocycles. The summed E-state index contributed by atoms with van der Waals surface area (Å²) in [6.45, 7) is 3.61. The number of ether oxygens (including phenoxy) is 2. The number of ketones is 1. The van der Waals surface area contributed by atoms with Gasteiger partial charge in [-0.15, -0.1) is 0 Å². The minimum atomic E-state index is -0.721. The molecule has 0 N–H and O–H groups in total. The second-order valence-electron chi connectivity index (χ2n) is 9.79. The first-order valence-corrected chi connectivity index (χ1v) is 12.8. The molecule has 2 aliphatic carbocycles. The molecule has 0 unspecified atom stereocenters. The standard InChI is InChI=1S/C34H30O4/c1-24-3-13-30(14-4-24)37-31-15-17-32(18-16-31)38-33-19-21-34(23-35,22-20-33)29-11-9-28(10-12-29)27-7-5-26(6-8-27)25(2)36/h3-17,19-21,23,32H,18,22H2,1-2H3/t32-,34+/m1/s1. The smallest absolute Gasteiger partial charge is 0.159 e. The molecule has 3 aromatic rings. The van der Waals surface area contributed by atoms with E-state index in [-0.39, 0.29) is 11.9 Å². The molecule has 0 fully saturated rings. The zero-order valence-electron chi connectivity index (χ0n) is 21.6. The summed E-state index contributed by atoms with van der Waals surface area (Å²) in [5.41, 5.74) is 4.16. The fraction of sp³-hybridized carbons (Fsp3) is 0.176. The molecule has 38 heavy (non-hydrogen) atoms. The van der Waals surface area contributed by atoms with Gasteiger partial charge in [0.15, 0.2) is 5.78 Å². The first kappa shape index (κ1) is 25.2. The maximum atomic E-state index is 12.3. The third-order valence-corrected chi connectivity index (χ3v) is 7.01. The molecule has 0 amide bonds. The van der Waals surface area contributed by atoms with E-state index >= 15 is 0 Å². The number of carbonyl (C=O) groups is 2. The van der Waals surface area contributed by atoms with Crippen molar-refractivity contribution in [2.45, 2.75) is 38.2 Å². The topological polar surface area (TPSA) is 52.6 Å². The first-order chi connectivity index (χ1) is 18.4. The Morgan fingerprint density at radius 3 is 2.11 bits per heavy atom. The van der Waals surface area contributed by atoms with Gasteiger partial charge in [-0.2, -0.15) is 0 Å². The van der Waals surface area contributed by atoms with Gasteiger partial charge in [-0.25, -0.2) is 0 Å². The fourth-order valence-corrected chi connectivity index (χ4v) is 4.63. The van der Waals surface area contributed by atoms with Gasteiger partial charge in [0.25, 0.3) is 0 Å². The monoisotopic (exact) mass is 502 g/mol. The highest BCUT2D eigenvalue weighted by Crippen LogP contribution is 2.35. The minimum Gasteiger partial charge on any atom is -0.486 e. The number of aldehydes is 1. The molecule has 0 bridgehead atoms. The Labute approximate surface area is 223 Å². The molecule has 3 aromatic carbocycles. The van der Waals surface area contributed by atoms with E-state index in [4.69, 9.17) is 9.47 Å². The maximum Gasteiger partial charge on any atom is 0.159 e. The lowest BCUT2D eigenvalue weighted by Gasteiger charge is -2.28. The lowest BCUT2D eigenvalue weighted by Crippen LogP contribution is -2.27. The van der Waals surface area contributed by atoms with Crippen LogP contribution >= 0.6 is 0 Å². The molecule has 0 spiro atoms. The molecule has 0 radical (unpaired) electrons. The SMILES string of the molecule is CC(=O)c1ccc(-c2ccc([C@@]3(C=O)C=CC(O[C@@H]4C=CC(Oc5ccc(C)cc5)=CC4)=CC3)cc2)cc1. The predicted octanol–water partition coefficient (Wildman–Crippen LogP) is 7.45. The van der Waals surface area contributed by atoms with Crippen molar-refractivity contribution >= 4 is 12.1 Å². The van der Waals surface area contributed by atoms with Crippen LogP contribution in [0.5, 0.6) is 5.75 Å². The van der Waals surface area contributed by atoms with Crippen LogP contribution in [0, 0.1) is 6.92 Å². The number of allylic oxidation sites excluding steroid dienone is 4. The van der Waals surface area contributed by atoms with Crippen molar-refractivity contribution in [3.05, 3.63) is 137 Å². The van der Waals surface area contributed by atoms with Crippen LogP contribution in [0.15, 0.2) is 121 Å². The number of rotatable bonds is 8. The van der Waals surface area contributed by atoms with Gasteiger partial charge < -0.3 is 14.3 Å². The minimum absolute atomic E-state index is 0.0492. The molecule has 4 nitrogen and oxygen atoms in total. The zero-order chi connectivity index (χ0) is 26.5. The summed E-state index contributed by atoms with van der Waals surface area (Å²) in [5, 5.41) is 0. The molecule has 2 aliphatic rings. The van der Waals surface area contributed by atoms with Crippen molar-refractivity contribution in [1.29, 1.82) is 0 Å². The highest BCUT2D eigenvalue weighted by molar-refractivity contribution is 5.94. The van der Waals surface area contributed by atoms with E-state index in [1.165, 1.54) is 5.56 Å². The number of aryl methyl sites for hydroxylation is 1. The van der Waals surface area contributed by atoms with Crippen molar-refractivity contribution < 1.29 is 19.1 Å². The summed E-state index contributed by atoms with van der Waals surface area (Å²) < 4.78 is 12.1. The van der Waals surface area contributed by atoms with Gasteiger partial charge in [0.1, 0.15) is 29.7 Å². The molecule has 0 aliphatic heterocycles. The summed E-state index contributed by atoms with van der Waals surface area (Å²) >= 11 is 0. The van der Waals surface area contributed by atoms with E-state index in [9.17, 15) is 9.59 Å². The van der Waals surface area contributed by atoms with E-state index in [1.807, 2.05) is 116 Å². The molecule has 0 heterocycles. The molecule has 5 rings (SSSR count). The Morgan fingerprint density at radius 1 is 0.868 bits per heavy atom. The van der Waals surface area contributed by atoms with Crippen molar-refractivity contribution in [2.24, 2.45) is 0 Å². The first-order valence-electron chi connectivity index (χ1n) is 12.8. The van der Waals surface area contributed by atoms with Crippen LogP contribution in [-0.4, -0.2) is 18.2 Å². The number of benzene rings is 3. The van der Waals surface area contributed by atoms with Gasteiger partial charge in [-0.3, -0.25) is 4.79 Å². The van der Waals surface area contributed by atoms with E-state index < -0.39 is 5.41 Å². The van der Waals surface area contributed by atoms with Gasteiger partial charge in [-0.1, -0.05) is 72.3 Å². The molecule has 190 valence electrons. The second-order valence-corrected chi connectivity index (χ2v) is 9.79. The van der Waals surface area contributed by atoms with Crippen LogP contribution in [-0.2, 0) is 14.9 Å². The average Bonchev–Trinajstić information content (AvgIpc) is 2.96. The van der Waals surface area contributed by atoms with Gasteiger partial charge in [0.05, 0.1) is 5.41 Å². The van der Waals surface area contributed by atoms with Crippen LogP contribution < -0.4 is 4.74 Å². The van der Waals surface area contributed by atoms with E-state index in [0.717, 1.165) is 40.2 Å². The molecule has 0 saturated heterocycles. The quantitative estimate of drug-likeness (QED) is 0.237. The number of Topliss-reactive ketones (excluding diaryl/α,β-unsaturated/α-hetero) is 1. The number of carbonyl (C=O) groups excluding carboxylic acids is 2. The summed E-state index contributed by atoms with van der Waals surface area (Å²) in [6, 6.07) is 23.6. The third kappa shape index (κ3) is 5.60. The fourth-order valence-electron chi connectivity index (χ4n) is 4.63. The molecular weight excluding hydrogens is 472 g/mol.